The highest BCUT2D eigenvalue weighted by atomic mass is 32.1. The Hall–Kier alpha value is -3.65. The van der Waals surface area contributed by atoms with E-state index in [1.165, 1.54) is 23.5 Å². The molecule has 8 heteroatoms. The lowest BCUT2D eigenvalue weighted by molar-refractivity contribution is -0.384. The van der Waals surface area contributed by atoms with E-state index >= 15 is 0 Å². The van der Waals surface area contributed by atoms with Crippen LogP contribution in [0.3, 0.4) is 0 Å². The van der Waals surface area contributed by atoms with Crippen molar-refractivity contribution in [2.24, 2.45) is 0 Å². The predicted molar refractivity (Wildman–Crippen MR) is 111 cm³/mol. The molecule has 0 radical (unpaired) electrons. The molecule has 1 aromatic carbocycles. The number of carbonyl (C=O) groups excluding carboxylic acids is 1. The molecule has 4 aromatic rings. The number of hydrogen-bond acceptors (Lipinski definition) is 6. The van der Waals surface area contributed by atoms with Gasteiger partial charge in [-0.3, -0.25) is 24.9 Å². The molecule has 0 saturated heterocycles. The molecule has 0 atom stereocenters. The summed E-state index contributed by atoms with van der Waals surface area (Å²) in [5.41, 5.74) is 1.90. The Morgan fingerprint density at radius 3 is 2.52 bits per heavy atom. The number of amides is 1. The number of fused-ring (bicyclic) bond motifs is 1. The number of carbonyl (C=O) groups is 1. The summed E-state index contributed by atoms with van der Waals surface area (Å²) in [5.74, 6) is -0.130. The third-order valence-electron chi connectivity index (χ3n) is 4.43. The van der Waals surface area contributed by atoms with Crippen molar-refractivity contribution in [3.05, 3.63) is 99.4 Å². The van der Waals surface area contributed by atoms with Crippen LogP contribution in [0.2, 0.25) is 0 Å². The first-order valence-corrected chi connectivity index (χ1v) is 9.67. The van der Waals surface area contributed by atoms with Crippen molar-refractivity contribution in [2.75, 3.05) is 0 Å². The lowest BCUT2D eigenvalue weighted by atomic mass is 10.2. The van der Waals surface area contributed by atoms with Crippen LogP contribution in [0.15, 0.2) is 73.3 Å². The number of non-ortho nitro benzene ring substituents is 1. The van der Waals surface area contributed by atoms with Gasteiger partial charge in [-0.15, -0.1) is 11.3 Å². The topological polar surface area (TPSA) is 89.2 Å². The lowest BCUT2D eigenvalue weighted by Crippen LogP contribution is -2.29. The summed E-state index contributed by atoms with van der Waals surface area (Å²) in [6.45, 7) is 0.827. The van der Waals surface area contributed by atoms with E-state index in [0.717, 1.165) is 15.8 Å². The monoisotopic (exact) mass is 404 g/mol. The first-order chi connectivity index (χ1) is 14.1. The van der Waals surface area contributed by atoms with Crippen LogP contribution in [0.5, 0.6) is 0 Å². The molecule has 0 unspecified atom stereocenters. The highest BCUT2D eigenvalue weighted by Gasteiger charge is 2.20. The fourth-order valence-corrected chi connectivity index (χ4v) is 4.04. The van der Waals surface area contributed by atoms with Crippen LogP contribution in [-0.2, 0) is 13.1 Å². The van der Waals surface area contributed by atoms with Crippen LogP contribution in [0.1, 0.15) is 20.8 Å². The van der Waals surface area contributed by atoms with Crippen LogP contribution in [-0.4, -0.2) is 25.7 Å². The molecule has 0 aliphatic carbocycles. The molecule has 1 amide bonds. The molecule has 144 valence electrons. The van der Waals surface area contributed by atoms with Crippen molar-refractivity contribution in [2.45, 2.75) is 13.1 Å². The summed E-state index contributed by atoms with van der Waals surface area (Å²) in [4.78, 5) is 34.3. The fourth-order valence-electron chi connectivity index (χ4n) is 3.03. The van der Waals surface area contributed by atoms with Gasteiger partial charge >= 0.3 is 0 Å². The number of aromatic nitrogens is 2. The molecule has 0 spiro atoms. The molecule has 0 fully saturated rings. The normalized spacial score (nSPS) is 10.8. The van der Waals surface area contributed by atoms with Gasteiger partial charge in [-0.2, -0.15) is 0 Å². The van der Waals surface area contributed by atoms with E-state index in [0.29, 0.717) is 23.4 Å². The van der Waals surface area contributed by atoms with Crippen LogP contribution in [0.25, 0.3) is 10.1 Å². The van der Waals surface area contributed by atoms with Crippen LogP contribution in [0, 0.1) is 10.1 Å². The zero-order chi connectivity index (χ0) is 20.2. The van der Waals surface area contributed by atoms with Gasteiger partial charge in [-0.05, 0) is 41.5 Å². The van der Waals surface area contributed by atoms with Crippen LogP contribution < -0.4 is 0 Å². The van der Waals surface area contributed by atoms with Gasteiger partial charge in [0.2, 0.25) is 0 Å². The summed E-state index contributed by atoms with van der Waals surface area (Å²) in [6, 6.07) is 13.9. The first-order valence-electron chi connectivity index (χ1n) is 8.85. The number of rotatable bonds is 6. The molecular weight excluding hydrogens is 388 g/mol. The summed E-state index contributed by atoms with van der Waals surface area (Å²) in [7, 11) is 0. The molecule has 7 nitrogen and oxygen atoms in total. The largest absolute Gasteiger partial charge is 0.329 e. The second kappa shape index (κ2) is 8.15. The minimum Gasteiger partial charge on any atom is -0.329 e. The average Bonchev–Trinajstić information content (AvgIpc) is 3.17. The number of pyridine rings is 2. The highest BCUT2D eigenvalue weighted by molar-refractivity contribution is 7.20. The smallest absolute Gasteiger partial charge is 0.270 e. The predicted octanol–water partition coefficient (Wildman–Crippen LogP) is 4.44. The Balaban J connectivity index is 1.66. The fraction of sp³-hybridized carbons (Fsp3) is 0.0952. The van der Waals surface area contributed by atoms with Crippen molar-refractivity contribution >= 4 is 33.0 Å². The Morgan fingerprint density at radius 1 is 1.00 bits per heavy atom. The number of hydrogen-bond donors (Lipinski definition) is 0. The molecule has 4 rings (SSSR count). The van der Waals surface area contributed by atoms with Gasteiger partial charge in [0.25, 0.3) is 11.6 Å². The Kier molecular flexibility index (Phi) is 5.26. The molecule has 0 saturated carbocycles. The van der Waals surface area contributed by atoms with Crippen LogP contribution in [0.4, 0.5) is 5.69 Å². The zero-order valence-electron chi connectivity index (χ0n) is 15.3. The maximum atomic E-state index is 13.3. The van der Waals surface area contributed by atoms with Gasteiger partial charge in [-0.1, -0.05) is 6.07 Å². The van der Waals surface area contributed by atoms with Crippen LogP contribution >= 0.6 is 11.3 Å². The second-order valence-corrected chi connectivity index (χ2v) is 7.55. The van der Waals surface area contributed by atoms with Gasteiger partial charge < -0.3 is 4.90 Å². The van der Waals surface area contributed by atoms with E-state index in [-0.39, 0.29) is 11.6 Å². The van der Waals surface area contributed by atoms with Crippen molar-refractivity contribution < 1.29 is 9.72 Å². The van der Waals surface area contributed by atoms with Gasteiger partial charge in [0.1, 0.15) is 0 Å². The summed E-state index contributed by atoms with van der Waals surface area (Å²) < 4.78 is 0.837. The number of nitro groups is 1. The molecule has 0 bridgehead atoms. The van der Waals surface area contributed by atoms with Crippen molar-refractivity contribution in [3.63, 3.8) is 0 Å². The van der Waals surface area contributed by atoms with E-state index in [9.17, 15) is 14.9 Å². The molecule has 0 N–H and O–H groups in total. The molecule has 0 aliphatic rings. The van der Waals surface area contributed by atoms with Crippen molar-refractivity contribution in [1.82, 2.24) is 14.9 Å². The standard InChI is InChI=1S/C21H16N4O3S/c26-21(20-11-17-10-18(25(27)28)3-4-19(17)29-20)24(13-15-5-8-22-9-6-15)14-16-2-1-7-23-12-16/h1-12H,13-14H2. The van der Waals surface area contributed by atoms with E-state index in [1.807, 2.05) is 24.3 Å². The highest BCUT2D eigenvalue weighted by Crippen LogP contribution is 2.30. The summed E-state index contributed by atoms with van der Waals surface area (Å²) >= 11 is 1.33. The molecule has 29 heavy (non-hydrogen) atoms. The minimum absolute atomic E-state index is 0.0123. The van der Waals surface area contributed by atoms with Crippen molar-refractivity contribution in [1.29, 1.82) is 0 Å². The maximum absolute atomic E-state index is 13.3. The van der Waals surface area contributed by atoms with Gasteiger partial charge in [0.15, 0.2) is 0 Å². The first kappa shape index (κ1) is 18.7. The Morgan fingerprint density at radius 2 is 1.79 bits per heavy atom. The SMILES string of the molecule is O=C(c1cc2cc([N+](=O)[O-])ccc2s1)N(Cc1ccncc1)Cc1cccnc1. The van der Waals surface area contributed by atoms with Gasteiger partial charge in [0, 0.05) is 60.1 Å². The number of nitrogens with zero attached hydrogens (tertiary/aromatic N) is 4. The van der Waals surface area contributed by atoms with E-state index in [1.54, 1.807) is 41.8 Å². The molecule has 3 aromatic heterocycles. The third kappa shape index (κ3) is 4.27. The summed E-state index contributed by atoms with van der Waals surface area (Å²) in [5, 5.41) is 11.7. The maximum Gasteiger partial charge on any atom is 0.270 e. The average molecular weight is 404 g/mol. The zero-order valence-corrected chi connectivity index (χ0v) is 16.1. The van der Waals surface area contributed by atoms with E-state index in [4.69, 9.17) is 0 Å². The minimum atomic E-state index is -0.434. The van der Waals surface area contributed by atoms with Crippen molar-refractivity contribution in [3.8, 4) is 0 Å². The third-order valence-corrected chi connectivity index (χ3v) is 5.53. The van der Waals surface area contributed by atoms with Gasteiger partial charge in [-0.25, -0.2) is 0 Å². The molecule has 0 aliphatic heterocycles. The Bertz CT molecular complexity index is 1120. The summed E-state index contributed by atoms with van der Waals surface area (Å²) in [6.07, 6.45) is 6.82. The van der Waals surface area contributed by atoms with E-state index < -0.39 is 4.92 Å². The second-order valence-electron chi connectivity index (χ2n) is 6.47. The molecular formula is C21H16N4O3S. The van der Waals surface area contributed by atoms with Gasteiger partial charge in [0.05, 0.1) is 9.80 Å². The number of benzene rings is 1. The number of nitro benzene ring substituents is 1. The lowest BCUT2D eigenvalue weighted by Gasteiger charge is -2.22. The molecule has 3 heterocycles. The number of thiophene rings is 1. The Labute approximate surface area is 170 Å². The quantitative estimate of drug-likeness (QED) is 0.350. The van der Waals surface area contributed by atoms with E-state index in [2.05, 4.69) is 9.97 Å².